The summed E-state index contributed by atoms with van der Waals surface area (Å²) in [6, 6.07) is 15.9. The molecule has 2 aromatic carbocycles. The van der Waals surface area contributed by atoms with Crippen molar-refractivity contribution in [2.24, 2.45) is 0 Å². The van der Waals surface area contributed by atoms with Crippen molar-refractivity contribution in [2.75, 3.05) is 33.0 Å². The Morgan fingerprint density at radius 3 is 1.81 bits per heavy atom. The minimum absolute atomic E-state index is 0.181. The zero-order chi connectivity index (χ0) is 22.5. The van der Waals surface area contributed by atoms with Gasteiger partial charge in [0.05, 0.1) is 0 Å². The van der Waals surface area contributed by atoms with Crippen LogP contribution in [0, 0.1) is 0 Å². The molecule has 0 aromatic heterocycles. The number of esters is 1. The fourth-order valence-corrected chi connectivity index (χ4v) is 2.81. The molecule has 0 spiro atoms. The summed E-state index contributed by atoms with van der Waals surface area (Å²) in [5.41, 5.74) is 2.12. The van der Waals surface area contributed by atoms with E-state index in [2.05, 4.69) is 39.1 Å². The van der Waals surface area contributed by atoms with Gasteiger partial charge in [-0.1, -0.05) is 50.8 Å². The van der Waals surface area contributed by atoms with Gasteiger partial charge in [-0.15, -0.1) is 6.58 Å². The van der Waals surface area contributed by atoms with Gasteiger partial charge in [0.15, 0.2) is 0 Å². The molecule has 0 fully saturated rings. The van der Waals surface area contributed by atoms with Crippen LogP contribution in [-0.2, 0) is 24.7 Å². The molecule has 0 N–H and O–H groups in total. The monoisotopic (exact) mass is 426 g/mol. The Bertz CT molecular complexity index is 824. The van der Waals surface area contributed by atoms with Crippen molar-refractivity contribution in [1.82, 2.24) is 0 Å². The average molecular weight is 427 g/mol. The van der Waals surface area contributed by atoms with E-state index >= 15 is 0 Å². The van der Waals surface area contributed by atoms with E-state index in [0.29, 0.717) is 19.8 Å². The van der Waals surface area contributed by atoms with Crippen molar-refractivity contribution >= 4 is 5.97 Å². The third kappa shape index (κ3) is 7.92. The molecule has 6 nitrogen and oxygen atoms in total. The molecule has 2 aromatic rings. The SMILES string of the molecule is C=CCOOCCOc1ccc(C(C)(C)c2ccc(OCCOC(=O)C=C)cc2)cc1. The topological polar surface area (TPSA) is 63.2 Å². The van der Waals surface area contributed by atoms with Gasteiger partial charge in [0.25, 0.3) is 0 Å². The maximum Gasteiger partial charge on any atom is 0.330 e. The highest BCUT2D eigenvalue weighted by molar-refractivity contribution is 5.81. The lowest BCUT2D eigenvalue weighted by Gasteiger charge is -2.26. The summed E-state index contributed by atoms with van der Waals surface area (Å²) in [5, 5.41) is 0. The Hall–Kier alpha value is -3.09. The summed E-state index contributed by atoms with van der Waals surface area (Å²) in [6.45, 7) is 12.8. The molecule has 0 bridgehead atoms. The van der Waals surface area contributed by atoms with E-state index in [0.717, 1.165) is 28.7 Å². The van der Waals surface area contributed by atoms with Crippen LogP contribution in [0.3, 0.4) is 0 Å². The van der Waals surface area contributed by atoms with Crippen LogP contribution in [0.5, 0.6) is 11.5 Å². The minimum Gasteiger partial charge on any atom is -0.491 e. The maximum absolute atomic E-state index is 11.0. The smallest absolute Gasteiger partial charge is 0.330 e. The van der Waals surface area contributed by atoms with Crippen LogP contribution in [0.1, 0.15) is 25.0 Å². The van der Waals surface area contributed by atoms with E-state index in [9.17, 15) is 4.79 Å². The number of rotatable bonds is 14. The van der Waals surface area contributed by atoms with E-state index < -0.39 is 5.97 Å². The van der Waals surface area contributed by atoms with Gasteiger partial charge >= 0.3 is 5.97 Å². The standard InChI is InChI=1S/C25H30O6/c1-5-15-30-31-19-18-28-23-13-9-21(10-14-23)25(3,4)20-7-11-22(12-8-20)27-16-17-29-24(26)6-2/h5-14H,1-2,15-19H2,3-4H3. The predicted octanol–water partition coefficient (Wildman–Crippen LogP) is 4.63. The molecule has 0 heterocycles. The van der Waals surface area contributed by atoms with Crippen molar-refractivity contribution in [3.8, 4) is 11.5 Å². The van der Waals surface area contributed by atoms with Crippen LogP contribution in [0.25, 0.3) is 0 Å². The first kappa shape index (κ1) is 24.2. The normalized spacial score (nSPS) is 10.9. The Morgan fingerprint density at radius 1 is 0.806 bits per heavy atom. The largest absolute Gasteiger partial charge is 0.491 e. The quantitative estimate of drug-likeness (QED) is 0.110. The average Bonchev–Trinajstić information content (AvgIpc) is 2.79. The molecule has 2 rings (SSSR count). The van der Waals surface area contributed by atoms with Crippen LogP contribution in [0.15, 0.2) is 73.8 Å². The number of hydrogen-bond acceptors (Lipinski definition) is 6. The molecule has 6 heteroatoms. The third-order valence-electron chi connectivity index (χ3n) is 4.62. The Labute approximate surface area is 184 Å². The van der Waals surface area contributed by atoms with Gasteiger partial charge in [-0.05, 0) is 35.4 Å². The molecule has 31 heavy (non-hydrogen) atoms. The predicted molar refractivity (Wildman–Crippen MR) is 119 cm³/mol. The molecule has 0 aliphatic rings. The lowest BCUT2D eigenvalue weighted by atomic mass is 9.78. The number of carbonyl (C=O) groups excluding carboxylic acids is 1. The van der Waals surface area contributed by atoms with E-state index in [1.165, 1.54) is 0 Å². The number of carbonyl (C=O) groups is 1. The van der Waals surface area contributed by atoms with Crippen LogP contribution >= 0.6 is 0 Å². The van der Waals surface area contributed by atoms with Gasteiger partial charge in [0, 0.05) is 11.5 Å². The van der Waals surface area contributed by atoms with E-state index in [-0.39, 0.29) is 18.6 Å². The lowest BCUT2D eigenvalue weighted by molar-refractivity contribution is -0.288. The molecule has 0 amide bonds. The second-order valence-electron chi connectivity index (χ2n) is 7.14. The van der Waals surface area contributed by atoms with Gasteiger partial charge in [-0.3, -0.25) is 0 Å². The van der Waals surface area contributed by atoms with Gasteiger partial charge in [-0.25, -0.2) is 14.6 Å². The molecule has 0 saturated heterocycles. The fraction of sp³-hybridized carbons (Fsp3) is 0.320. The van der Waals surface area contributed by atoms with Gasteiger partial charge in [0.2, 0.25) is 0 Å². The number of hydrogen-bond donors (Lipinski definition) is 0. The zero-order valence-corrected chi connectivity index (χ0v) is 18.2. The van der Waals surface area contributed by atoms with Crippen molar-refractivity contribution < 1.29 is 28.8 Å². The first-order valence-electron chi connectivity index (χ1n) is 10.1. The van der Waals surface area contributed by atoms with Gasteiger partial charge in [0.1, 0.15) is 44.5 Å². The van der Waals surface area contributed by atoms with Crippen LogP contribution in [-0.4, -0.2) is 39.0 Å². The Morgan fingerprint density at radius 2 is 1.32 bits per heavy atom. The van der Waals surface area contributed by atoms with Crippen molar-refractivity contribution in [3.05, 3.63) is 85.0 Å². The highest BCUT2D eigenvalue weighted by atomic mass is 17.2. The second kappa shape index (κ2) is 12.6. The third-order valence-corrected chi connectivity index (χ3v) is 4.62. The van der Waals surface area contributed by atoms with Crippen LogP contribution in [0.2, 0.25) is 0 Å². The van der Waals surface area contributed by atoms with Gasteiger partial charge < -0.3 is 14.2 Å². The summed E-state index contributed by atoms with van der Waals surface area (Å²) < 4.78 is 16.2. The second-order valence-corrected chi connectivity index (χ2v) is 7.14. The van der Waals surface area contributed by atoms with E-state index in [1.807, 2.05) is 36.4 Å². The first-order valence-corrected chi connectivity index (χ1v) is 10.1. The van der Waals surface area contributed by atoms with Crippen LogP contribution in [0.4, 0.5) is 0 Å². The number of ether oxygens (including phenoxy) is 3. The van der Waals surface area contributed by atoms with E-state index in [1.54, 1.807) is 6.08 Å². The van der Waals surface area contributed by atoms with Crippen molar-refractivity contribution in [3.63, 3.8) is 0 Å². The highest BCUT2D eigenvalue weighted by Crippen LogP contribution is 2.33. The molecule has 0 aliphatic heterocycles. The summed E-state index contributed by atoms with van der Waals surface area (Å²) >= 11 is 0. The van der Waals surface area contributed by atoms with E-state index in [4.69, 9.17) is 24.0 Å². The lowest BCUT2D eigenvalue weighted by Crippen LogP contribution is -2.18. The summed E-state index contributed by atoms with van der Waals surface area (Å²) in [4.78, 5) is 20.8. The molecular weight excluding hydrogens is 396 g/mol. The summed E-state index contributed by atoms with van der Waals surface area (Å²) in [6.07, 6.45) is 2.75. The molecule has 0 radical (unpaired) electrons. The summed E-state index contributed by atoms with van der Waals surface area (Å²) in [7, 11) is 0. The van der Waals surface area contributed by atoms with Crippen LogP contribution < -0.4 is 9.47 Å². The van der Waals surface area contributed by atoms with Crippen molar-refractivity contribution in [2.45, 2.75) is 19.3 Å². The number of benzene rings is 2. The Balaban J connectivity index is 1.86. The minimum atomic E-state index is -0.456. The molecule has 0 unspecified atom stereocenters. The van der Waals surface area contributed by atoms with Crippen molar-refractivity contribution in [1.29, 1.82) is 0 Å². The first-order chi connectivity index (χ1) is 15.0. The molecule has 0 atom stereocenters. The van der Waals surface area contributed by atoms with Gasteiger partial charge in [-0.2, -0.15) is 0 Å². The fourth-order valence-electron chi connectivity index (χ4n) is 2.81. The zero-order valence-electron chi connectivity index (χ0n) is 18.2. The highest BCUT2D eigenvalue weighted by Gasteiger charge is 2.23. The maximum atomic E-state index is 11.0. The Kier molecular flexibility index (Phi) is 9.81. The molecule has 166 valence electrons. The molecular formula is C25H30O6. The summed E-state index contributed by atoms with van der Waals surface area (Å²) in [5.74, 6) is 1.04. The molecule has 0 aliphatic carbocycles. The molecule has 0 saturated carbocycles.